The molecular weight excluding hydrogens is 266 g/mol. The van der Waals surface area contributed by atoms with Crippen LogP contribution in [0.1, 0.15) is 22.8 Å². The van der Waals surface area contributed by atoms with Crippen molar-refractivity contribution in [3.63, 3.8) is 0 Å². The van der Waals surface area contributed by atoms with Gasteiger partial charge in [-0.25, -0.2) is 4.98 Å². The Morgan fingerprint density at radius 3 is 2.10 bits per heavy atom. The van der Waals surface area contributed by atoms with Crippen molar-refractivity contribution in [3.05, 3.63) is 78.0 Å². The van der Waals surface area contributed by atoms with Crippen LogP contribution in [-0.2, 0) is 6.42 Å². The molecule has 4 nitrogen and oxygen atoms in total. The second kappa shape index (κ2) is 5.71. The molecule has 3 aromatic rings. The van der Waals surface area contributed by atoms with E-state index in [-0.39, 0.29) is 17.4 Å². The Morgan fingerprint density at radius 1 is 0.905 bits per heavy atom. The van der Waals surface area contributed by atoms with E-state index in [2.05, 4.69) is 4.98 Å². The summed E-state index contributed by atoms with van der Waals surface area (Å²) in [5, 5.41) is 18.8. The molecule has 106 valence electrons. The first kappa shape index (κ1) is 13.2. The molecule has 0 radical (unpaired) electrons. The van der Waals surface area contributed by atoms with Crippen LogP contribution in [0.15, 0.2) is 65.5 Å². The third-order valence-electron chi connectivity index (χ3n) is 3.47. The summed E-state index contributed by atoms with van der Waals surface area (Å²) in [7, 11) is 0. The number of rotatable bonds is 4. The molecule has 0 amide bonds. The molecule has 1 unspecified atom stereocenters. The Kier molecular flexibility index (Phi) is 3.60. The van der Waals surface area contributed by atoms with E-state index in [1.54, 1.807) is 30.5 Å². The van der Waals surface area contributed by atoms with Gasteiger partial charge in [0.25, 0.3) is 0 Å². The molecule has 0 spiro atoms. The highest BCUT2D eigenvalue weighted by molar-refractivity contribution is 5.35. The average Bonchev–Trinajstić information content (AvgIpc) is 3.02. The number of benzene rings is 2. The summed E-state index contributed by atoms with van der Waals surface area (Å²) in [6.07, 6.45) is 3.84. The monoisotopic (exact) mass is 281 g/mol. The molecule has 0 fully saturated rings. The molecule has 4 heteroatoms. The maximum Gasteiger partial charge on any atom is 0.180 e. The highest BCUT2D eigenvalue weighted by Crippen LogP contribution is 2.29. The van der Waals surface area contributed by atoms with Gasteiger partial charge < -0.3 is 14.6 Å². The number of phenolic OH excluding ortho intramolecular Hbond substituents is 2. The lowest BCUT2D eigenvalue weighted by Gasteiger charge is -2.15. The van der Waals surface area contributed by atoms with Gasteiger partial charge in [-0.05, 0) is 41.8 Å². The maximum absolute atomic E-state index is 9.43. The smallest absolute Gasteiger partial charge is 0.180 e. The number of hydrogen-bond donors (Lipinski definition) is 2. The molecule has 1 heterocycles. The fourth-order valence-electron chi connectivity index (χ4n) is 2.35. The van der Waals surface area contributed by atoms with Crippen LogP contribution in [0.5, 0.6) is 11.5 Å². The lowest BCUT2D eigenvalue weighted by atomic mass is 9.90. The molecule has 1 atom stereocenters. The normalized spacial score (nSPS) is 12.2. The first-order chi connectivity index (χ1) is 10.2. The largest absolute Gasteiger partial charge is 0.508 e. The summed E-state index contributed by atoms with van der Waals surface area (Å²) in [4.78, 5) is 3.99. The van der Waals surface area contributed by atoms with E-state index in [1.165, 1.54) is 6.39 Å². The van der Waals surface area contributed by atoms with Gasteiger partial charge in [0.1, 0.15) is 17.3 Å². The number of hydrogen-bond acceptors (Lipinski definition) is 4. The second-order valence-electron chi connectivity index (χ2n) is 4.92. The first-order valence-electron chi connectivity index (χ1n) is 6.67. The Balaban J connectivity index is 1.93. The zero-order valence-corrected chi connectivity index (χ0v) is 11.3. The van der Waals surface area contributed by atoms with E-state index in [0.29, 0.717) is 0 Å². The van der Waals surface area contributed by atoms with Crippen molar-refractivity contribution in [1.82, 2.24) is 4.98 Å². The molecule has 0 bridgehead atoms. The van der Waals surface area contributed by atoms with Gasteiger partial charge in [-0.1, -0.05) is 24.3 Å². The van der Waals surface area contributed by atoms with Gasteiger partial charge in [0.05, 0.1) is 6.20 Å². The van der Waals surface area contributed by atoms with Crippen LogP contribution in [0.25, 0.3) is 0 Å². The van der Waals surface area contributed by atoms with Gasteiger partial charge >= 0.3 is 0 Å². The summed E-state index contributed by atoms with van der Waals surface area (Å²) < 4.78 is 5.45. The molecule has 0 aliphatic heterocycles. The molecule has 3 rings (SSSR count). The standard InChI is InChI=1S/C17H15NO3/c19-14-5-1-12(2-6-14)9-16(17-10-18-11-21-17)13-3-7-15(20)8-4-13/h1-8,10-11,16,19-20H,9H2. The summed E-state index contributed by atoms with van der Waals surface area (Å²) >= 11 is 0. The van der Waals surface area contributed by atoms with Crippen LogP contribution in [0, 0.1) is 0 Å². The van der Waals surface area contributed by atoms with Crippen molar-refractivity contribution in [1.29, 1.82) is 0 Å². The zero-order chi connectivity index (χ0) is 14.7. The van der Waals surface area contributed by atoms with Crippen LogP contribution in [-0.4, -0.2) is 15.2 Å². The zero-order valence-electron chi connectivity index (χ0n) is 11.3. The Morgan fingerprint density at radius 2 is 1.52 bits per heavy atom. The minimum atomic E-state index is 0.0117. The fraction of sp³-hybridized carbons (Fsp3) is 0.118. The predicted octanol–water partition coefficient (Wildman–Crippen LogP) is 3.46. The second-order valence-corrected chi connectivity index (χ2v) is 4.92. The number of aromatic hydroxyl groups is 2. The highest BCUT2D eigenvalue weighted by Gasteiger charge is 2.18. The van der Waals surface area contributed by atoms with Crippen molar-refractivity contribution >= 4 is 0 Å². The van der Waals surface area contributed by atoms with Gasteiger partial charge in [-0.15, -0.1) is 0 Å². The van der Waals surface area contributed by atoms with Gasteiger partial charge in [0, 0.05) is 5.92 Å². The van der Waals surface area contributed by atoms with Crippen LogP contribution in [0.3, 0.4) is 0 Å². The number of aromatic nitrogens is 1. The van der Waals surface area contributed by atoms with E-state index in [9.17, 15) is 10.2 Å². The van der Waals surface area contributed by atoms with Gasteiger partial charge in [0.2, 0.25) is 0 Å². The number of oxazole rings is 1. The van der Waals surface area contributed by atoms with Crippen LogP contribution < -0.4 is 0 Å². The van der Waals surface area contributed by atoms with Crippen molar-refractivity contribution in [3.8, 4) is 11.5 Å². The summed E-state index contributed by atoms with van der Waals surface area (Å²) in [6, 6.07) is 14.2. The van der Waals surface area contributed by atoms with Gasteiger partial charge in [-0.2, -0.15) is 0 Å². The topological polar surface area (TPSA) is 66.5 Å². The first-order valence-corrected chi connectivity index (χ1v) is 6.67. The maximum atomic E-state index is 9.43. The molecule has 0 aliphatic rings. The minimum Gasteiger partial charge on any atom is -0.508 e. The number of phenols is 2. The van der Waals surface area contributed by atoms with Gasteiger partial charge in [-0.3, -0.25) is 0 Å². The third-order valence-corrected chi connectivity index (χ3v) is 3.47. The van der Waals surface area contributed by atoms with Crippen molar-refractivity contribution in [2.75, 3.05) is 0 Å². The number of nitrogens with zero attached hydrogens (tertiary/aromatic N) is 1. The van der Waals surface area contributed by atoms with E-state index in [1.807, 2.05) is 24.3 Å². The van der Waals surface area contributed by atoms with Crippen LogP contribution in [0.4, 0.5) is 0 Å². The van der Waals surface area contributed by atoms with Crippen molar-refractivity contribution in [2.45, 2.75) is 12.3 Å². The molecule has 0 saturated heterocycles. The summed E-state index contributed by atoms with van der Waals surface area (Å²) in [6.45, 7) is 0. The lowest BCUT2D eigenvalue weighted by molar-refractivity contribution is 0.470. The Labute approximate surface area is 122 Å². The lowest BCUT2D eigenvalue weighted by Crippen LogP contribution is -2.04. The SMILES string of the molecule is Oc1ccc(CC(c2ccc(O)cc2)c2cnco2)cc1. The van der Waals surface area contributed by atoms with Crippen LogP contribution >= 0.6 is 0 Å². The molecular formula is C17H15NO3. The average molecular weight is 281 g/mol. The quantitative estimate of drug-likeness (QED) is 0.768. The molecule has 2 aromatic carbocycles. The van der Waals surface area contributed by atoms with E-state index >= 15 is 0 Å². The van der Waals surface area contributed by atoms with E-state index < -0.39 is 0 Å². The Bertz CT molecular complexity index is 688. The van der Waals surface area contributed by atoms with Gasteiger partial charge in [0.15, 0.2) is 6.39 Å². The predicted molar refractivity (Wildman–Crippen MR) is 78.3 cm³/mol. The Hall–Kier alpha value is -2.75. The third kappa shape index (κ3) is 3.05. The highest BCUT2D eigenvalue weighted by atomic mass is 16.3. The molecule has 1 aromatic heterocycles. The molecule has 0 saturated carbocycles. The van der Waals surface area contributed by atoms with E-state index in [4.69, 9.17) is 4.42 Å². The van der Waals surface area contributed by atoms with Crippen molar-refractivity contribution < 1.29 is 14.6 Å². The summed E-state index contributed by atoms with van der Waals surface area (Å²) in [5.74, 6) is 1.27. The molecule has 0 aliphatic carbocycles. The van der Waals surface area contributed by atoms with E-state index in [0.717, 1.165) is 23.3 Å². The fourth-order valence-corrected chi connectivity index (χ4v) is 2.35. The molecule has 2 N–H and O–H groups in total. The molecule has 21 heavy (non-hydrogen) atoms. The van der Waals surface area contributed by atoms with Crippen LogP contribution in [0.2, 0.25) is 0 Å². The minimum absolute atomic E-state index is 0.0117. The summed E-state index contributed by atoms with van der Waals surface area (Å²) in [5.41, 5.74) is 2.12. The van der Waals surface area contributed by atoms with Crippen molar-refractivity contribution in [2.24, 2.45) is 0 Å².